The maximum Gasteiger partial charge on any atom is 0.272 e. The maximum absolute atomic E-state index is 12.4. The minimum absolute atomic E-state index is 0.128. The van der Waals surface area contributed by atoms with E-state index in [1.54, 1.807) is 6.92 Å². The largest absolute Gasteiger partial charge is 0.393 e. The number of carbonyl (C=O) groups excluding carboxylic acids is 1. The zero-order chi connectivity index (χ0) is 21.8. The fourth-order valence-electron chi connectivity index (χ4n) is 3.43. The number of nitrogens with two attached hydrogens (primary N) is 2. The Morgan fingerprint density at radius 1 is 1.30 bits per heavy atom. The van der Waals surface area contributed by atoms with Crippen molar-refractivity contribution in [1.82, 2.24) is 10.3 Å². The highest BCUT2D eigenvalue weighted by molar-refractivity contribution is 7.98. The highest BCUT2D eigenvalue weighted by Gasteiger charge is 2.28. The molecule has 1 aromatic heterocycles. The molecule has 156 valence electrons. The molecule has 0 saturated heterocycles. The van der Waals surface area contributed by atoms with Crippen molar-refractivity contribution in [2.75, 3.05) is 12.3 Å². The molecule has 6 N–H and O–H groups in total. The smallest absolute Gasteiger partial charge is 0.272 e. The standard InChI is InChI=1S/C22H25N5O2S/c1-12-13(2)26-21(24)18(16(12)9-25-11-28)17-14(3)27-22(29)19(23)20(17)30-10-15-7-5-4-6-8-15/h4-8,11,13H,1,9-10,23H2,2-3H3,(H2,24,26)(H,25,28)(H,27,29). The molecule has 7 nitrogen and oxygen atoms in total. The predicted octanol–water partition coefficient (Wildman–Crippen LogP) is 2.37. The molecule has 2 aromatic rings. The van der Waals surface area contributed by atoms with Crippen LogP contribution in [0.1, 0.15) is 23.7 Å². The summed E-state index contributed by atoms with van der Waals surface area (Å²) in [5.41, 5.74) is 17.0. The number of benzene rings is 1. The first-order valence-corrected chi connectivity index (χ1v) is 10.5. The molecular weight excluding hydrogens is 398 g/mol. The highest BCUT2D eigenvalue weighted by atomic mass is 32.2. The van der Waals surface area contributed by atoms with E-state index in [4.69, 9.17) is 11.5 Å². The van der Waals surface area contributed by atoms with E-state index < -0.39 is 0 Å². The lowest BCUT2D eigenvalue weighted by atomic mass is 9.88. The third kappa shape index (κ3) is 4.18. The van der Waals surface area contributed by atoms with Crippen molar-refractivity contribution < 1.29 is 4.79 Å². The highest BCUT2D eigenvalue weighted by Crippen LogP contribution is 2.39. The molecule has 0 fully saturated rings. The zero-order valence-electron chi connectivity index (χ0n) is 17.0. The summed E-state index contributed by atoms with van der Waals surface area (Å²) in [6, 6.07) is 9.70. The monoisotopic (exact) mass is 423 g/mol. The Morgan fingerprint density at radius 3 is 2.67 bits per heavy atom. The molecular formula is C22H25N5O2S. The molecule has 0 radical (unpaired) electrons. The van der Waals surface area contributed by atoms with Gasteiger partial charge in [0.25, 0.3) is 5.56 Å². The Hall–Kier alpha value is -3.26. The average Bonchev–Trinajstić information content (AvgIpc) is 2.72. The van der Waals surface area contributed by atoms with Crippen LogP contribution in [0.5, 0.6) is 0 Å². The average molecular weight is 424 g/mol. The van der Waals surface area contributed by atoms with Crippen molar-refractivity contribution in [2.24, 2.45) is 10.7 Å². The third-order valence-electron chi connectivity index (χ3n) is 5.01. The van der Waals surface area contributed by atoms with Gasteiger partial charge in [-0.05, 0) is 30.6 Å². The van der Waals surface area contributed by atoms with E-state index in [9.17, 15) is 9.59 Å². The number of nitrogen functional groups attached to an aromatic ring is 1. The van der Waals surface area contributed by atoms with E-state index in [2.05, 4.69) is 21.9 Å². The van der Waals surface area contributed by atoms with Crippen LogP contribution in [0.4, 0.5) is 5.69 Å². The molecule has 0 bridgehead atoms. The number of rotatable bonds is 7. The Morgan fingerprint density at radius 2 is 2.00 bits per heavy atom. The van der Waals surface area contributed by atoms with Gasteiger partial charge in [0.15, 0.2) is 0 Å². The number of amides is 1. The van der Waals surface area contributed by atoms with Gasteiger partial charge in [0.1, 0.15) is 11.5 Å². The Labute approximate surface area is 179 Å². The molecule has 3 rings (SSSR count). The molecule has 30 heavy (non-hydrogen) atoms. The lowest BCUT2D eigenvalue weighted by Gasteiger charge is -2.27. The molecule has 0 saturated carbocycles. The minimum atomic E-state index is -0.349. The summed E-state index contributed by atoms with van der Waals surface area (Å²) in [7, 11) is 0. The van der Waals surface area contributed by atoms with Gasteiger partial charge in [-0.1, -0.05) is 36.9 Å². The first kappa shape index (κ1) is 21.4. The number of nitrogens with one attached hydrogen (secondary N) is 2. The van der Waals surface area contributed by atoms with Crippen LogP contribution in [-0.4, -0.2) is 29.8 Å². The topological polar surface area (TPSA) is 126 Å². The number of aromatic amines is 1. The first-order chi connectivity index (χ1) is 14.3. The molecule has 1 aliphatic rings. The van der Waals surface area contributed by atoms with Crippen molar-refractivity contribution in [2.45, 2.75) is 30.5 Å². The Bertz CT molecular complexity index is 1100. The normalized spacial score (nSPS) is 16.4. The molecule has 0 spiro atoms. The van der Waals surface area contributed by atoms with Crippen LogP contribution in [0.25, 0.3) is 5.57 Å². The summed E-state index contributed by atoms with van der Waals surface area (Å²) in [4.78, 5) is 31.3. The molecule has 1 atom stereocenters. The number of aryl methyl sites for hydroxylation is 1. The van der Waals surface area contributed by atoms with E-state index in [1.165, 1.54) is 11.8 Å². The number of nitrogens with zero attached hydrogens (tertiary/aromatic N) is 1. The fourth-order valence-corrected chi connectivity index (χ4v) is 4.58. The Kier molecular flexibility index (Phi) is 6.47. The van der Waals surface area contributed by atoms with Crippen LogP contribution in [0.15, 0.2) is 62.7 Å². The van der Waals surface area contributed by atoms with Crippen molar-refractivity contribution in [3.05, 3.63) is 75.2 Å². The van der Waals surface area contributed by atoms with E-state index >= 15 is 0 Å². The number of hydrogen-bond acceptors (Lipinski definition) is 6. The lowest BCUT2D eigenvalue weighted by Crippen LogP contribution is -2.31. The number of amidine groups is 1. The summed E-state index contributed by atoms with van der Waals surface area (Å²) in [5.74, 6) is 0.957. The minimum Gasteiger partial charge on any atom is -0.393 e. The molecule has 2 heterocycles. The second kappa shape index (κ2) is 9.04. The SMILES string of the molecule is C=C1C(CNC=O)=C(c2c(C)[nH]c(=O)c(N)c2SCc2ccccc2)C(N)=NC1C. The molecule has 1 amide bonds. The number of H-pyrrole nitrogens is 1. The van der Waals surface area contributed by atoms with Crippen LogP contribution < -0.4 is 22.3 Å². The molecule has 1 aliphatic heterocycles. The number of hydrogen-bond donors (Lipinski definition) is 4. The zero-order valence-corrected chi connectivity index (χ0v) is 17.8. The van der Waals surface area contributed by atoms with E-state index in [0.717, 1.165) is 16.7 Å². The molecule has 1 aromatic carbocycles. The van der Waals surface area contributed by atoms with E-state index in [1.807, 2.05) is 37.3 Å². The summed E-state index contributed by atoms with van der Waals surface area (Å²) in [6.07, 6.45) is 0.629. The second-order valence-corrected chi connectivity index (χ2v) is 8.02. The van der Waals surface area contributed by atoms with Gasteiger partial charge in [0.05, 0.1) is 6.04 Å². The number of pyridine rings is 1. The van der Waals surface area contributed by atoms with Gasteiger partial charge in [-0.2, -0.15) is 0 Å². The van der Waals surface area contributed by atoms with Crippen LogP contribution in [0.2, 0.25) is 0 Å². The van der Waals surface area contributed by atoms with E-state index in [0.29, 0.717) is 39.7 Å². The van der Waals surface area contributed by atoms with Gasteiger partial charge < -0.3 is 21.8 Å². The summed E-state index contributed by atoms with van der Waals surface area (Å²) >= 11 is 1.47. The molecule has 8 heteroatoms. The van der Waals surface area contributed by atoms with Crippen LogP contribution in [0, 0.1) is 6.92 Å². The van der Waals surface area contributed by atoms with Crippen molar-refractivity contribution in [3.8, 4) is 0 Å². The van der Waals surface area contributed by atoms with Gasteiger partial charge >= 0.3 is 0 Å². The number of carbonyl (C=O) groups is 1. The number of aliphatic imine (C=N–C) groups is 1. The van der Waals surface area contributed by atoms with Crippen molar-refractivity contribution >= 4 is 35.3 Å². The number of anilines is 1. The Balaban J connectivity index is 2.20. The first-order valence-electron chi connectivity index (χ1n) is 9.47. The molecule has 0 aliphatic carbocycles. The summed E-state index contributed by atoms with van der Waals surface area (Å²) in [6.45, 7) is 8.09. The summed E-state index contributed by atoms with van der Waals surface area (Å²) < 4.78 is 0. The van der Waals surface area contributed by atoms with E-state index in [-0.39, 0.29) is 23.8 Å². The second-order valence-electron chi connectivity index (χ2n) is 7.04. The third-order valence-corrected chi connectivity index (χ3v) is 6.20. The number of aromatic nitrogens is 1. The summed E-state index contributed by atoms with van der Waals surface area (Å²) in [5, 5.41) is 2.69. The van der Waals surface area contributed by atoms with Crippen LogP contribution >= 0.6 is 11.8 Å². The van der Waals surface area contributed by atoms with Gasteiger partial charge in [-0.25, -0.2) is 0 Å². The quantitative estimate of drug-likeness (QED) is 0.402. The van der Waals surface area contributed by atoms with Crippen LogP contribution in [0.3, 0.4) is 0 Å². The van der Waals surface area contributed by atoms with Gasteiger partial charge in [-0.15, -0.1) is 11.8 Å². The number of thioether (sulfide) groups is 1. The van der Waals surface area contributed by atoms with Gasteiger partial charge in [0, 0.05) is 34.0 Å². The number of dihydropyridines is 1. The lowest BCUT2D eigenvalue weighted by molar-refractivity contribution is -0.109. The van der Waals surface area contributed by atoms with Crippen molar-refractivity contribution in [3.63, 3.8) is 0 Å². The van der Waals surface area contributed by atoms with Crippen molar-refractivity contribution in [1.29, 1.82) is 0 Å². The molecule has 1 unspecified atom stereocenters. The van der Waals surface area contributed by atoms with Gasteiger partial charge in [0.2, 0.25) is 6.41 Å². The maximum atomic E-state index is 12.4. The fraction of sp³-hybridized carbons (Fsp3) is 0.227. The van der Waals surface area contributed by atoms with Gasteiger partial charge in [-0.3, -0.25) is 14.6 Å². The predicted molar refractivity (Wildman–Crippen MR) is 123 cm³/mol. The van der Waals surface area contributed by atoms with Crippen LogP contribution in [-0.2, 0) is 10.5 Å².